The number of carboxylic acid groups (broad SMARTS) is 2. The zero-order chi connectivity index (χ0) is 13.7. The van der Waals surface area contributed by atoms with E-state index in [1.54, 1.807) is 24.3 Å². The molecule has 0 aromatic heterocycles. The fourth-order valence-corrected chi connectivity index (χ4v) is 1.51. The molecule has 1 rings (SSSR count). The first kappa shape index (κ1) is 13.7. The standard InChI is InChI=1S/C12H14N2O4/c13-9-4-2-1-3-8(9)7(6-11(15)16)5-10(14)12(17)18/h1-4,6,10H,5,13-14H2,(H,15,16)(H,17,18)/b7-6+. The van der Waals surface area contributed by atoms with Crippen LogP contribution < -0.4 is 11.5 Å². The third kappa shape index (κ3) is 3.60. The lowest BCUT2D eigenvalue weighted by Crippen LogP contribution is -2.30. The van der Waals surface area contributed by atoms with Gasteiger partial charge in [-0.15, -0.1) is 0 Å². The Morgan fingerprint density at radius 3 is 2.39 bits per heavy atom. The molecule has 0 spiro atoms. The molecule has 0 bridgehead atoms. The highest BCUT2D eigenvalue weighted by Crippen LogP contribution is 2.24. The van der Waals surface area contributed by atoms with Crippen LogP contribution in [0, 0.1) is 0 Å². The molecule has 6 N–H and O–H groups in total. The number of aliphatic carboxylic acids is 2. The maximum atomic E-state index is 10.7. The van der Waals surface area contributed by atoms with Gasteiger partial charge in [0.05, 0.1) is 0 Å². The van der Waals surface area contributed by atoms with Crippen molar-refractivity contribution in [3.8, 4) is 0 Å². The van der Waals surface area contributed by atoms with Gasteiger partial charge in [-0.05, 0) is 18.1 Å². The molecule has 0 aliphatic rings. The van der Waals surface area contributed by atoms with Crippen LogP contribution in [0.2, 0.25) is 0 Å². The SMILES string of the molecule is Nc1ccccc1/C(=C/C(=O)O)CC(N)C(=O)O. The van der Waals surface area contributed by atoms with Crippen LogP contribution >= 0.6 is 0 Å². The van der Waals surface area contributed by atoms with Gasteiger partial charge in [-0.25, -0.2) is 4.79 Å². The molecule has 6 heteroatoms. The van der Waals surface area contributed by atoms with Crippen molar-refractivity contribution in [2.45, 2.75) is 12.5 Å². The number of hydrogen-bond acceptors (Lipinski definition) is 4. The second-order valence-corrected chi connectivity index (χ2v) is 3.74. The number of rotatable bonds is 5. The number of nitrogen functional groups attached to an aromatic ring is 1. The summed E-state index contributed by atoms with van der Waals surface area (Å²) in [6, 6.07) is 5.45. The molecule has 0 radical (unpaired) electrons. The maximum Gasteiger partial charge on any atom is 0.328 e. The Labute approximate surface area is 104 Å². The molecule has 18 heavy (non-hydrogen) atoms. The van der Waals surface area contributed by atoms with E-state index in [-0.39, 0.29) is 12.0 Å². The van der Waals surface area contributed by atoms with Gasteiger partial charge in [0.25, 0.3) is 0 Å². The van der Waals surface area contributed by atoms with E-state index in [1.807, 2.05) is 0 Å². The van der Waals surface area contributed by atoms with Crippen LogP contribution in [0.1, 0.15) is 12.0 Å². The van der Waals surface area contributed by atoms with Crippen LogP contribution in [0.5, 0.6) is 0 Å². The van der Waals surface area contributed by atoms with Crippen LogP contribution in [0.4, 0.5) is 5.69 Å². The van der Waals surface area contributed by atoms with Gasteiger partial charge in [0.2, 0.25) is 0 Å². The van der Waals surface area contributed by atoms with E-state index in [0.29, 0.717) is 11.3 Å². The van der Waals surface area contributed by atoms with Gasteiger partial charge in [0.1, 0.15) is 6.04 Å². The van der Waals surface area contributed by atoms with E-state index in [0.717, 1.165) is 6.08 Å². The van der Waals surface area contributed by atoms with Crippen LogP contribution in [-0.4, -0.2) is 28.2 Å². The van der Waals surface area contributed by atoms with Crippen LogP contribution in [0.25, 0.3) is 5.57 Å². The van der Waals surface area contributed by atoms with Crippen molar-refractivity contribution in [3.05, 3.63) is 35.9 Å². The van der Waals surface area contributed by atoms with Crippen molar-refractivity contribution >= 4 is 23.2 Å². The molecule has 96 valence electrons. The molecule has 0 saturated carbocycles. The lowest BCUT2D eigenvalue weighted by Gasteiger charge is -2.12. The van der Waals surface area contributed by atoms with E-state index in [2.05, 4.69) is 0 Å². The summed E-state index contributed by atoms with van der Waals surface area (Å²) in [5.41, 5.74) is 12.3. The number of carboxylic acids is 2. The topological polar surface area (TPSA) is 127 Å². The molecule has 6 nitrogen and oxygen atoms in total. The Kier molecular flexibility index (Phi) is 4.45. The van der Waals surface area contributed by atoms with E-state index < -0.39 is 18.0 Å². The van der Waals surface area contributed by atoms with Gasteiger partial charge in [0, 0.05) is 17.3 Å². The Balaban J connectivity index is 3.11. The molecule has 1 unspecified atom stereocenters. The number of hydrogen-bond donors (Lipinski definition) is 4. The first-order valence-electron chi connectivity index (χ1n) is 5.18. The second kappa shape index (κ2) is 5.83. The van der Waals surface area contributed by atoms with Gasteiger partial charge in [0.15, 0.2) is 0 Å². The average Bonchev–Trinajstić information content (AvgIpc) is 2.28. The number of carbonyl (C=O) groups is 2. The van der Waals surface area contributed by atoms with Gasteiger partial charge < -0.3 is 21.7 Å². The summed E-state index contributed by atoms with van der Waals surface area (Å²) in [6.45, 7) is 0. The first-order chi connectivity index (χ1) is 8.41. The van der Waals surface area contributed by atoms with Crippen molar-refractivity contribution in [3.63, 3.8) is 0 Å². The summed E-state index contributed by atoms with van der Waals surface area (Å²) in [5, 5.41) is 17.5. The molecule has 1 atom stereocenters. The van der Waals surface area contributed by atoms with Crippen molar-refractivity contribution in [2.75, 3.05) is 5.73 Å². The number of benzene rings is 1. The Hall–Kier alpha value is -2.34. The molecule has 0 saturated heterocycles. The lowest BCUT2D eigenvalue weighted by atomic mass is 9.97. The molecule has 0 heterocycles. The van der Waals surface area contributed by atoms with Crippen molar-refractivity contribution in [2.24, 2.45) is 5.73 Å². The zero-order valence-corrected chi connectivity index (χ0v) is 9.54. The summed E-state index contributed by atoms with van der Waals surface area (Å²) >= 11 is 0. The molecule has 1 aromatic carbocycles. The molecule has 0 aliphatic carbocycles. The normalized spacial score (nSPS) is 13.1. The van der Waals surface area contributed by atoms with Crippen molar-refractivity contribution in [1.82, 2.24) is 0 Å². The van der Waals surface area contributed by atoms with Crippen molar-refractivity contribution < 1.29 is 19.8 Å². The monoisotopic (exact) mass is 250 g/mol. The van der Waals surface area contributed by atoms with Crippen LogP contribution in [-0.2, 0) is 9.59 Å². The van der Waals surface area contributed by atoms with E-state index in [1.165, 1.54) is 0 Å². The number of para-hydroxylation sites is 1. The van der Waals surface area contributed by atoms with Crippen LogP contribution in [0.15, 0.2) is 30.3 Å². The number of nitrogens with two attached hydrogens (primary N) is 2. The Morgan fingerprint density at radius 2 is 1.89 bits per heavy atom. The third-order valence-corrected chi connectivity index (χ3v) is 2.36. The van der Waals surface area contributed by atoms with E-state index in [9.17, 15) is 9.59 Å². The fraction of sp³-hybridized carbons (Fsp3) is 0.167. The van der Waals surface area contributed by atoms with Crippen molar-refractivity contribution in [1.29, 1.82) is 0 Å². The Morgan fingerprint density at radius 1 is 1.28 bits per heavy atom. The highest BCUT2D eigenvalue weighted by Gasteiger charge is 2.17. The Bertz CT molecular complexity index is 497. The van der Waals surface area contributed by atoms with Gasteiger partial charge >= 0.3 is 11.9 Å². The average molecular weight is 250 g/mol. The quantitative estimate of drug-likeness (QED) is 0.446. The third-order valence-electron chi connectivity index (χ3n) is 2.36. The summed E-state index contributed by atoms with van der Waals surface area (Å²) in [7, 11) is 0. The predicted octanol–water partition coefficient (Wildman–Crippen LogP) is 0.539. The van der Waals surface area contributed by atoms with E-state index >= 15 is 0 Å². The molecule has 0 amide bonds. The van der Waals surface area contributed by atoms with Gasteiger partial charge in [-0.3, -0.25) is 4.79 Å². The fourth-order valence-electron chi connectivity index (χ4n) is 1.51. The molecular formula is C12H14N2O4. The van der Waals surface area contributed by atoms with Gasteiger partial charge in [-0.2, -0.15) is 0 Å². The zero-order valence-electron chi connectivity index (χ0n) is 9.54. The largest absolute Gasteiger partial charge is 0.480 e. The predicted molar refractivity (Wildman–Crippen MR) is 66.7 cm³/mol. The molecule has 0 aliphatic heterocycles. The molecular weight excluding hydrogens is 236 g/mol. The molecule has 1 aromatic rings. The highest BCUT2D eigenvalue weighted by molar-refractivity contribution is 5.93. The minimum atomic E-state index is -1.19. The summed E-state index contributed by atoms with van der Waals surface area (Å²) in [4.78, 5) is 21.4. The van der Waals surface area contributed by atoms with Gasteiger partial charge in [-0.1, -0.05) is 18.2 Å². The maximum absolute atomic E-state index is 10.7. The lowest BCUT2D eigenvalue weighted by molar-refractivity contribution is -0.138. The summed E-state index contributed by atoms with van der Waals surface area (Å²) < 4.78 is 0. The smallest absolute Gasteiger partial charge is 0.328 e. The highest BCUT2D eigenvalue weighted by atomic mass is 16.4. The van der Waals surface area contributed by atoms with Crippen LogP contribution in [0.3, 0.4) is 0 Å². The first-order valence-corrected chi connectivity index (χ1v) is 5.18. The summed E-state index contributed by atoms with van der Waals surface area (Å²) in [6.07, 6.45) is 0.824. The summed E-state index contributed by atoms with van der Waals surface area (Å²) in [5.74, 6) is -2.37. The second-order valence-electron chi connectivity index (χ2n) is 3.74. The minimum Gasteiger partial charge on any atom is -0.480 e. The van der Waals surface area contributed by atoms with E-state index in [4.69, 9.17) is 21.7 Å². The number of anilines is 1. The minimum absolute atomic E-state index is 0.101. The molecule has 0 fully saturated rings.